The van der Waals surface area contributed by atoms with E-state index in [0.29, 0.717) is 12.3 Å². The number of aryl methyl sites for hydroxylation is 1. The Morgan fingerprint density at radius 3 is 2.68 bits per heavy atom. The zero-order chi connectivity index (χ0) is 17.1. The SMILES string of the molecule is O=C(CCc1ccsc1)Nc1ccc(-c2nc3ccccc3o2)cc1. The Bertz CT molecular complexity index is 955. The van der Waals surface area contributed by atoms with E-state index in [2.05, 4.69) is 15.7 Å². The number of nitrogens with one attached hydrogen (secondary N) is 1. The second kappa shape index (κ2) is 6.91. The number of thiophene rings is 1. The van der Waals surface area contributed by atoms with E-state index in [1.54, 1.807) is 11.3 Å². The number of fused-ring (bicyclic) bond motifs is 1. The fourth-order valence-electron chi connectivity index (χ4n) is 2.61. The number of carbonyl (C=O) groups is 1. The fourth-order valence-corrected chi connectivity index (χ4v) is 3.31. The third-order valence-corrected chi connectivity index (χ3v) is 4.66. The van der Waals surface area contributed by atoms with Gasteiger partial charge in [0.15, 0.2) is 5.58 Å². The second-order valence-electron chi connectivity index (χ2n) is 5.74. The molecule has 0 radical (unpaired) electrons. The first-order chi connectivity index (χ1) is 12.3. The van der Waals surface area contributed by atoms with Crippen LogP contribution in [0.25, 0.3) is 22.6 Å². The van der Waals surface area contributed by atoms with Crippen molar-refractivity contribution in [3.05, 3.63) is 70.9 Å². The van der Waals surface area contributed by atoms with E-state index in [9.17, 15) is 4.79 Å². The van der Waals surface area contributed by atoms with Gasteiger partial charge in [-0.25, -0.2) is 4.98 Å². The third-order valence-electron chi connectivity index (χ3n) is 3.93. The fraction of sp³-hybridized carbons (Fsp3) is 0.100. The molecule has 0 saturated carbocycles. The van der Waals surface area contributed by atoms with Crippen molar-refractivity contribution >= 4 is 34.0 Å². The molecule has 1 amide bonds. The normalized spacial score (nSPS) is 10.9. The average Bonchev–Trinajstić information content (AvgIpc) is 3.30. The molecule has 2 heterocycles. The molecule has 4 nitrogen and oxygen atoms in total. The lowest BCUT2D eigenvalue weighted by Gasteiger charge is -2.05. The molecule has 0 aliphatic rings. The predicted octanol–water partition coefficient (Wildman–Crippen LogP) is 5.13. The molecule has 0 fully saturated rings. The van der Waals surface area contributed by atoms with Crippen LogP contribution in [0, 0.1) is 0 Å². The van der Waals surface area contributed by atoms with Gasteiger partial charge in [0.25, 0.3) is 0 Å². The summed E-state index contributed by atoms with van der Waals surface area (Å²) in [5.74, 6) is 0.595. The van der Waals surface area contributed by atoms with E-state index in [-0.39, 0.29) is 5.91 Å². The largest absolute Gasteiger partial charge is 0.436 e. The van der Waals surface area contributed by atoms with Crippen LogP contribution in [-0.4, -0.2) is 10.9 Å². The summed E-state index contributed by atoms with van der Waals surface area (Å²) in [6.45, 7) is 0. The van der Waals surface area contributed by atoms with Crippen LogP contribution >= 0.6 is 11.3 Å². The highest BCUT2D eigenvalue weighted by molar-refractivity contribution is 7.07. The smallest absolute Gasteiger partial charge is 0.227 e. The summed E-state index contributed by atoms with van der Waals surface area (Å²) in [6, 6.07) is 17.3. The molecule has 1 N–H and O–H groups in total. The molecule has 4 rings (SSSR count). The molecular formula is C20H16N2O2S. The van der Waals surface area contributed by atoms with Gasteiger partial charge >= 0.3 is 0 Å². The first-order valence-corrected chi connectivity index (χ1v) is 8.99. The van der Waals surface area contributed by atoms with Crippen molar-refractivity contribution < 1.29 is 9.21 Å². The van der Waals surface area contributed by atoms with Gasteiger partial charge in [-0.3, -0.25) is 4.79 Å². The molecule has 0 aliphatic heterocycles. The number of hydrogen-bond acceptors (Lipinski definition) is 4. The second-order valence-corrected chi connectivity index (χ2v) is 6.52. The highest BCUT2D eigenvalue weighted by Crippen LogP contribution is 2.25. The Kier molecular flexibility index (Phi) is 4.31. The van der Waals surface area contributed by atoms with Gasteiger partial charge in [-0.1, -0.05) is 12.1 Å². The number of para-hydroxylation sites is 2. The number of amides is 1. The number of carbonyl (C=O) groups excluding carboxylic acids is 1. The van der Waals surface area contributed by atoms with E-state index in [0.717, 1.165) is 28.8 Å². The van der Waals surface area contributed by atoms with Crippen molar-refractivity contribution in [2.24, 2.45) is 0 Å². The summed E-state index contributed by atoms with van der Waals surface area (Å²) in [6.07, 6.45) is 1.24. The van der Waals surface area contributed by atoms with Crippen LogP contribution in [0.3, 0.4) is 0 Å². The minimum absolute atomic E-state index is 0.0146. The van der Waals surface area contributed by atoms with Gasteiger partial charge in [0.1, 0.15) is 5.52 Å². The lowest BCUT2D eigenvalue weighted by atomic mass is 10.1. The summed E-state index contributed by atoms with van der Waals surface area (Å²) in [7, 11) is 0. The average molecular weight is 348 g/mol. The molecule has 0 saturated heterocycles. The summed E-state index contributed by atoms with van der Waals surface area (Å²) in [5, 5.41) is 7.02. The quantitative estimate of drug-likeness (QED) is 0.544. The Balaban J connectivity index is 1.42. The van der Waals surface area contributed by atoms with E-state index in [4.69, 9.17) is 4.42 Å². The van der Waals surface area contributed by atoms with Crippen molar-refractivity contribution in [2.45, 2.75) is 12.8 Å². The predicted molar refractivity (Wildman–Crippen MR) is 101 cm³/mol. The molecule has 0 unspecified atom stereocenters. The zero-order valence-electron chi connectivity index (χ0n) is 13.4. The molecule has 0 spiro atoms. The van der Waals surface area contributed by atoms with E-state index >= 15 is 0 Å². The maximum Gasteiger partial charge on any atom is 0.227 e. The monoisotopic (exact) mass is 348 g/mol. The van der Waals surface area contributed by atoms with Crippen LogP contribution in [0.15, 0.2) is 69.8 Å². The molecule has 2 aromatic heterocycles. The molecule has 4 aromatic rings. The minimum Gasteiger partial charge on any atom is -0.436 e. The van der Waals surface area contributed by atoms with Crippen LogP contribution < -0.4 is 5.32 Å². The van der Waals surface area contributed by atoms with Crippen molar-refractivity contribution in [1.82, 2.24) is 4.98 Å². The number of rotatable bonds is 5. The zero-order valence-corrected chi connectivity index (χ0v) is 14.3. The van der Waals surface area contributed by atoms with Gasteiger partial charge in [0.05, 0.1) is 0 Å². The summed E-state index contributed by atoms with van der Waals surface area (Å²) in [4.78, 5) is 16.5. The van der Waals surface area contributed by atoms with Crippen molar-refractivity contribution in [1.29, 1.82) is 0 Å². The molecular weight excluding hydrogens is 332 g/mol. The highest BCUT2D eigenvalue weighted by Gasteiger charge is 2.08. The topological polar surface area (TPSA) is 55.1 Å². The molecule has 0 aliphatic carbocycles. The van der Waals surface area contributed by atoms with Crippen molar-refractivity contribution in [2.75, 3.05) is 5.32 Å². The van der Waals surface area contributed by atoms with Crippen LogP contribution in [0.4, 0.5) is 5.69 Å². The van der Waals surface area contributed by atoms with E-state index in [1.807, 2.05) is 60.0 Å². The summed E-state index contributed by atoms with van der Waals surface area (Å²) >= 11 is 1.65. The lowest BCUT2D eigenvalue weighted by molar-refractivity contribution is -0.116. The molecule has 5 heteroatoms. The van der Waals surface area contributed by atoms with Gasteiger partial charge in [0, 0.05) is 17.7 Å². The van der Waals surface area contributed by atoms with Gasteiger partial charge < -0.3 is 9.73 Å². The first kappa shape index (κ1) is 15.6. The number of aromatic nitrogens is 1. The van der Waals surface area contributed by atoms with E-state index in [1.165, 1.54) is 5.56 Å². The van der Waals surface area contributed by atoms with Crippen molar-refractivity contribution in [3.63, 3.8) is 0 Å². The standard InChI is InChI=1S/C20H16N2O2S/c23-19(10-5-14-11-12-25-13-14)21-16-8-6-15(7-9-16)20-22-17-3-1-2-4-18(17)24-20/h1-4,6-9,11-13H,5,10H2,(H,21,23). The van der Waals surface area contributed by atoms with Crippen LogP contribution in [-0.2, 0) is 11.2 Å². The number of nitrogens with zero attached hydrogens (tertiary/aromatic N) is 1. The maximum absolute atomic E-state index is 12.0. The molecule has 2 aromatic carbocycles. The Morgan fingerprint density at radius 2 is 1.92 bits per heavy atom. The molecule has 0 bridgehead atoms. The third kappa shape index (κ3) is 3.61. The highest BCUT2D eigenvalue weighted by atomic mass is 32.1. The van der Waals surface area contributed by atoms with Gasteiger partial charge in [-0.05, 0) is 65.2 Å². The number of oxazole rings is 1. The Morgan fingerprint density at radius 1 is 1.08 bits per heavy atom. The minimum atomic E-state index is 0.0146. The maximum atomic E-state index is 12.0. The molecule has 124 valence electrons. The number of benzene rings is 2. The molecule has 0 atom stereocenters. The van der Waals surface area contributed by atoms with Crippen LogP contribution in [0.5, 0.6) is 0 Å². The Labute approximate surface area is 149 Å². The van der Waals surface area contributed by atoms with Crippen LogP contribution in [0.2, 0.25) is 0 Å². The summed E-state index contributed by atoms with van der Waals surface area (Å²) < 4.78 is 5.76. The Hall–Kier alpha value is -2.92. The van der Waals surface area contributed by atoms with Gasteiger partial charge in [0.2, 0.25) is 11.8 Å². The van der Waals surface area contributed by atoms with Crippen LogP contribution in [0.1, 0.15) is 12.0 Å². The van der Waals surface area contributed by atoms with Gasteiger partial charge in [-0.2, -0.15) is 11.3 Å². The summed E-state index contributed by atoms with van der Waals surface area (Å²) in [5.41, 5.74) is 4.46. The lowest BCUT2D eigenvalue weighted by Crippen LogP contribution is -2.12. The number of anilines is 1. The van der Waals surface area contributed by atoms with E-state index < -0.39 is 0 Å². The first-order valence-electron chi connectivity index (χ1n) is 8.05. The molecule has 25 heavy (non-hydrogen) atoms. The number of hydrogen-bond donors (Lipinski definition) is 1. The van der Waals surface area contributed by atoms with Gasteiger partial charge in [-0.15, -0.1) is 0 Å². The van der Waals surface area contributed by atoms with Crippen molar-refractivity contribution in [3.8, 4) is 11.5 Å².